The maximum absolute atomic E-state index is 11.3. The smallest absolute Gasteiger partial charge is 0.239 e. The molecule has 2 aromatic rings. The van der Waals surface area contributed by atoms with Crippen LogP contribution in [0, 0.1) is 0 Å². The van der Waals surface area contributed by atoms with Crippen molar-refractivity contribution in [1.82, 2.24) is 15.3 Å². The highest BCUT2D eigenvalue weighted by molar-refractivity contribution is 7.18. The number of fused-ring (bicyclic) bond motifs is 1. The fourth-order valence-electron chi connectivity index (χ4n) is 1.64. The average molecular weight is 279 g/mol. The van der Waals surface area contributed by atoms with Crippen molar-refractivity contribution in [3.05, 3.63) is 10.9 Å². The highest BCUT2D eigenvalue weighted by atomic mass is 32.1. The van der Waals surface area contributed by atoms with E-state index in [1.807, 2.05) is 0 Å². The topological polar surface area (TPSA) is 78.9 Å². The molecule has 0 aliphatic heterocycles. The molecule has 0 saturated carbocycles. The molecule has 1 amide bonds. The molecule has 0 spiro atoms. The molecule has 0 aliphatic carbocycles. The summed E-state index contributed by atoms with van der Waals surface area (Å²) in [5, 5.41) is 9.52. The molecule has 2 aromatic heterocycles. The maximum atomic E-state index is 11.3. The van der Waals surface area contributed by atoms with Gasteiger partial charge in [0, 0.05) is 19.0 Å². The Labute approximate surface area is 115 Å². The van der Waals surface area contributed by atoms with Gasteiger partial charge in [-0.05, 0) is 12.5 Å². The molecule has 0 aliphatic rings. The molecule has 3 N–H and O–H groups in total. The molecule has 7 heteroatoms. The van der Waals surface area contributed by atoms with Gasteiger partial charge in [0.05, 0.1) is 11.9 Å². The summed E-state index contributed by atoms with van der Waals surface area (Å²) in [5.41, 5.74) is 0. The summed E-state index contributed by atoms with van der Waals surface area (Å²) in [7, 11) is 3.39. The molecule has 2 rings (SSSR count). The summed E-state index contributed by atoms with van der Waals surface area (Å²) in [5.74, 6) is 1.16. The van der Waals surface area contributed by atoms with Crippen molar-refractivity contribution in [2.24, 2.45) is 0 Å². The summed E-state index contributed by atoms with van der Waals surface area (Å²) >= 11 is 1.65. The van der Waals surface area contributed by atoms with Gasteiger partial charge in [-0.1, -0.05) is 6.92 Å². The number of hydrogen-bond donors (Lipinski definition) is 3. The zero-order chi connectivity index (χ0) is 13.8. The van der Waals surface area contributed by atoms with Crippen LogP contribution in [-0.4, -0.2) is 36.5 Å². The molecule has 0 fully saturated rings. The fourth-order valence-corrected chi connectivity index (χ4v) is 2.61. The number of nitrogens with one attached hydrogen (secondary N) is 3. The average Bonchev–Trinajstić information content (AvgIpc) is 2.86. The van der Waals surface area contributed by atoms with E-state index < -0.39 is 0 Å². The van der Waals surface area contributed by atoms with Gasteiger partial charge in [0.2, 0.25) is 11.9 Å². The second-order valence-electron chi connectivity index (χ2n) is 3.96. The van der Waals surface area contributed by atoms with Gasteiger partial charge in [0.1, 0.15) is 10.6 Å². The zero-order valence-electron chi connectivity index (χ0n) is 11.2. The number of anilines is 2. The lowest BCUT2D eigenvalue weighted by atomic mass is 10.3. The third-order valence-corrected chi connectivity index (χ3v) is 3.88. The van der Waals surface area contributed by atoms with Crippen LogP contribution in [-0.2, 0) is 11.2 Å². The van der Waals surface area contributed by atoms with Crippen LogP contribution in [0.1, 0.15) is 11.8 Å². The van der Waals surface area contributed by atoms with E-state index in [0.717, 1.165) is 16.6 Å². The number of rotatable bonds is 5. The fraction of sp³-hybridized carbons (Fsp3) is 0.417. The maximum Gasteiger partial charge on any atom is 0.239 e. The lowest BCUT2D eigenvalue weighted by Gasteiger charge is -2.07. The summed E-state index contributed by atoms with van der Waals surface area (Å²) < 4.78 is 0. The normalized spacial score (nSPS) is 10.5. The number of aryl methyl sites for hydroxylation is 1. The van der Waals surface area contributed by atoms with Crippen LogP contribution in [0.2, 0.25) is 0 Å². The van der Waals surface area contributed by atoms with Crippen LogP contribution < -0.4 is 16.0 Å². The minimum Gasteiger partial charge on any atom is -0.360 e. The molecule has 102 valence electrons. The minimum atomic E-state index is -0.0799. The SMILES string of the molecule is CCc1cc2c(NCC(=O)NC)nc(NC)nc2s1. The molecule has 0 atom stereocenters. The number of aromatic nitrogens is 2. The summed E-state index contributed by atoms with van der Waals surface area (Å²) in [4.78, 5) is 22.3. The zero-order valence-corrected chi connectivity index (χ0v) is 12.0. The lowest BCUT2D eigenvalue weighted by Crippen LogP contribution is -2.26. The third kappa shape index (κ3) is 2.93. The van der Waals surface area contributed by atoms with Gasteiger partial charge in [0.25, 0.3) is 0 Å². The van der Waals surface area contributed by atoms with E-state index in [-0.39, 0.29) is 12.5 Å². The first kappa shape index (κ1) is 13.5. The summed E-state index contributed by atoms with van der Waals surface area (Å²) in [6.07, 6.45) is 0.963. The predicted molar refractivity (Wildman–Crippen MR) is 78.9 cm³/mol. The predicted octanol–water partition coefficient (Wildman–Crippen LogP) is 1.45. The number of nitrogens with zero attached hydrogens (tertiary/aromatic N) is 2. The standard InChI is InChI=1S/C12H17N5OS/c1-4-7-5-8-10(15-6-9(18)13-2)16-12(14-3)17-11(8)19-7/h5H,4,6H2,1-3H3,(H,13,18)(H2,14,15,16,17). The Bertz CT molecular complexity index is 595. The second kappa shape index (κ2) is 5.83. The molecule has 6 nitrogen and oxygen atoms in total. The Hall–Kier alpha value is -1.89. The van der Waals surface area contributed by atoms with Crippen molar-refractivity contribution in [2.45, 2.75) is 13.3 Å². The van der Waals surface area contributed by atoms with Gasteiger partial charge in [-0.15, -0.1) is 11.3 Å². The Morgan fingerprint density at radius 1 is 1.37 bits per heavy atom. The van der Waals surface area contributed by atoms with Gasteiger partial charge in [-0.2, -0.15) is 4.98 Å². The molecular weight excluding hydrogens is 262 g/mol. The van der Waals surface area contributed by atoms with Crippen LogP contribution in [0.25, 0.3) is 10.2 Å². The molecule has 0 saturated heterocycles. The van der Waals surface area contributed by atoms with E-state index in [2.05, 4.69) is 38.9 Å². The van der Waals surface area contributed by atoms with Gasteiger partial charge >= 0.3 is 0 Å². The number of amides is 1. The van der Waals surface area contributed by atoms with Gasteiger partial charge in [-0.25, -0.2) is 4.98 Å². The van der Waals surface area contributed by atoms with Crippen molar-refractivity contribution in [3.63, 3.8) is 0 Å². The Balaban J connectivity index is 2.38. The van der Waals surface area contributed by atoms with Crippen LogP contribution in [0.15, 0.2) is 6.07 Å². The van der Waals surface area contributed by atoms with Gasteiger partial charge < -0.3 is 16.0 Å². The summed E-state index contributed by atoms with van der Waals surface area (Å²) in [6, 6.07) is 2.08. The van der Waals surface area contributed by atoms with Crippen molar-refractivity contribution < 1.29 is 4.79 Å². The highest BCUT2D eigenvalue weighted by Gasteiger charge is 2.11. The van der Waals surface area contributed by atoms with Crippen LogP contribution >= 0.6 is 11.3 Å². The minimum absolute atomic E-state index is 0.0799. The van der Waals surface area contributed by atoms with E-state index in [1.54, 1.807) is 25.4 Å². The Morgan fingerprint density at radius 2 is 2.16 bits per heavy atom. The summed E-state index contributed by atoms with van der Waals surface area (Å²) in [6.45, 7) is 2.30. The van der Waals surface area contributed by atoms with Crippen LogP contribution in [0.5, 0.6) is 0 Å². The monoisotopic (exact) mass is 279 g/mol. The van der Waals surface area contributed by atoms with Crippen molar-refractivity contribution in [2.75, 3.05) is 31.3 Å². The number of likely N-dealkylation sites (N-methyl/N-ethyl adjacent to an activating group) is 1. The molecular formula is C12H17N5OS. The van der Waals surface area contributed by atoms with E-state index in [1.165, 1.54) is 4.88 Å². The van der Waals surface area contributed by atoms with Gasteiger partial charge in [-0.3, -0.25) is 4.79 Å². The molecule has 0 radical (unpaired) electrons. The van der Waals surface area contributed by atoms with Crippen molar-refractivity contribution in [3.8, 4) is 0 Å². The number of carbonyl (C=O) groups excluding carboxylic acids is 1. The number of thiophene rings is 1. The quantitative estimate of drug-likeness (QED) is 0.772. The van der Waals surface area contributed by atoms with E-state index in [4.69, 9.17) is 0 Å². The molecule has 19 heavy (non-hydrogen) atoms. The molecule has 0 aromatic carbocycles. The van der Waals surface area contributed by atoms with Crippen molar-refractivity contribution >= 4 is 39.2 Å². The molecule has 2 heterocycles. The first-order valence-electron chi connectivity index (χ1n) is 6.10. The second-order valence-corrected chi connectivity index (χ2v) is 5.07. The third-order valence-electron chi connectivity index (χ3n) is 2.71. The van der Waals surface area contributed by atoms with Gasteiger partial charge in [0.15, 0.2) is 0 Å². The largest absolute Gasteiger partial charge is 0.360 e. The van der Waals surface area contributed by atoms with E-state index >= 15 is 0 Å². The molecule has 0 bridgehead atoms. The lowest BCUT2D eigenvalue weighted by molar-refractivity contribution is -0.118. The first-order chi connectivity index (χ1) is 9.17. The number of carbonyl (C=O) groups is 1. The van der Waals surface area contributed by atoms with Crippen LogP contribution in [0.4, 0.5) is 11.8 Å². The first-order valence-corrected chi connectivity index (χ1v) is 6.92. The molecule has 0 unspecified atom stereocenters. The highest BCUT2D eigenvalue weighted by Crippen LogP contribution is 2.30. The van der Waals surface area contributed by atoms with Crippen LogP contribution in [0.3, 0.4) is 0 Å². The van der Waals surface area contributed by atoms with E-state index in [0.29, 0.717) is 11.8 Å². The number of hydrogen-bond acceptors (Lipinski definition) is 6. The Morgan fingerprint density at radius 3 is 2.79 bits per heavy atom. The Kier molecular flexibility index (Phi) is 4.16. The van der Waals surface area contributed by atoms with Crippen molar-refractivity contribution in [1.29, 1.82) is 0 Å². The van der Waals surface area contributed by atoms with E-state index in [9.17, 15) is 4.79 Å².